The molecule has 4 aromatic rings. The maximum absolute atomic E-state index is 11.6. The molecule has 0 saturated carbocycles. The van der Waals surface area contributed by atoms with Crippen LogP contribution in [0.5, 0.6) is 5.75 Å². The van der Waals surface area contributed by atoms with Gasteiger partial charge in [-0.15, -0.1) is 0 Å². The molecule has 7 nitrogen and oxygen atoms in total. The molecule has 164 valence electrons. The van der Waals surface area contributed by atoms with Gasteiger partial charge in [-0.3, -0.25) is 10.1 Å². The zero-order valence-electron chi connectivity index (χ0n) is 17.7. The van der Waals surface area contributed by atoms with E-state index in [4.69, 9.17) is 4.74 Å². The largest absolute Gasteiger partial charge is 0.490 e. The third-order valence-corrected chi connectivity index (χ3v) is 7.02. The van der Waals surface area contributed by atoms with Gasteiger partial charge >= 0.3 is 0 Å². The minimum atomic E-state index is -3.20. The first kappa shape index (κ1) is 20.5. The van der Waals surface area contributed by atoms with Crippen LogP contribution in [0.25, 0.3) is 22.0 Å². The van der Waals surface area contributed by atoms with Crippen molar-refractivity contribution in [3.05, 3.63) is 67.1 Å². The van der Waals surface area contributed by atoms with Crippen molar-refractivity contribution < 1.29 is 13.2 Å². The van der Waals surface area contributed by atoms with Crippen molar-refractivity contribution in [2.24, 2.45) is 0 Å². The van der Waals surface area contributed by atoms with Crippen molar-refractivity contribution in [1.29, 1.82) is 0 Å². The summed E-state index contributed by atoms with van der Waals surface area (Å²) >= 11 is 0. The minimum Gasteiger partial charge on any atom is -0.490 e. The van der Waals surface area contributed by atoms with Crippen LogP contribution in [-0.4, -0.2) is 49.0 Å². The Labute approximate surface area is 187 Å². The number of aromatic amines is 1. The average Bonchev–Trinajstić information content (AvgIpc) is 3.34. The highest BCUT2D eigenvalue weighted by Crippen LogP contribution is 2.32. The second kappa shape index (κ2) is 8.27. The Morgan fingerprint density at radius 1 is 1.03 bits per heavy atom. The molecular weight excluding hydrogens is 424 g/mol. The lowest BCUT2D eigenvalue weighted by Crippen LogP contribution is -2.38. The van der Waals surface area contributed by atoms with Crippen molar-refractivity contribution >= 4 is 26.4 Å². The zero-order chi connectivity index (χ0) is 22.1. The second-order valence-corrected chi connectivity index (χ2v) is 10.1. The lowest BCUT2D eigenvalue weighted by Gasteiger charge is -2.34. The van der Waals surface area contributed by atoms with E-state index in [0.717, 1.165) is 48.0 Å². The first-order chi connectivity index (χ1) is 15.5. The summed E-state index contributed by atoms with van der Waals surface area (Å²) in [5.41, 5.74) is 4.31. The lowest BCUT2D eigenvalue weighted by atomic mass is 10.0. The summed E-state index contributed by atoms with van der Waals surface area (Å²) in [6.45, 7) is 1.75. The molecule has 0 bridgehead atoms. The lowest BCUT2D eigenvalue weighted by molar-refractivity contribution is 0.171. The van der Waals surface area contributed by atoms with Crippen LogP contribution in [-0.2, 0) is 9.84 Å². The smallest absolute Gasteiger partial charge is 0.175 e. The van der Waals surface area contributed by atoms with Crippen LogP contribution < -0.4 is 9.64 Å². The maximum Gasteiger partial charge on any atom is 0.175 e. The van der Waals surface area contributed by atoms with Crippen LogP contribution in [0.2, 0.25) is 0 Å². The predicted molar refractivity (Wildman–Crippen MR) is 125 cm³/mol. The number of aromatic nitrogens is 3. The number of sulfone groups is 1. The summed E-state index contributed by atoms with van der Waals surface area (Å²) in [6, 6.07) is 15.0. The van der Waals surface area contributed by atoms with Gasteiger partial charge in [0.15, 0.2) is 9.84 Å². The first-order valence-electron chi connectivity index (χ1n) is 10.6. The van der Waals surface area contributed by atoms with Gasteiger partial charge in [0.1, 0.15) is 11.9 Å². The minimum absolute atomic E-state index is 0.102. The summed E-state index contributed by atoms with van der Waals surface area (Å²) in [5, 5.41) is 8.05. The number of ether oxygens (including phenoxy) is 1. The highest BCUT2D eigenvalue weighted by Gasteiger charge is 2.22. The molecule has 1 aliphatic rings. The van der Waals surface area contributed by atoms with Crippen molar-refractivity contribution in [2.45, 2.75) is 23.8 Å². The van der Waals surface area contributed by atoms with Gasteiger partial charge in [0.05, 0.1) is 16.6 Å². The molecule has 0 radical (unpaired) electrons. The SMILES string of the molecule is CS(=O)(=O)c1ccc(OC2CCN(c3ccnc4ccc(-c5cn[nH]c5)cc34)CC2)cc1. The summed E-state index contributed by atoms with van der Waals surface area (Å²) in [5.74, 6) is 0.704. The Kier molecular flexibility index (Phi) is 5.30. The van der Waals surface area contributed by atoms with Crippen LogP contribution in [0.1, 0.15) is 12.8 Å². The van der Waals surface area contributed by atoms with Gasteiger partial charge in [-0.2, -0.15) is 5.10 Å². The van der Waals surface area contributed by atoms with Crippen molar-refractivity contribution in [1.82, 2.24) is 15.2 Å². The van der Waals surface area contributed by atoms with Crippen LogP contribution in [0, 0.1) is 0 Å². The molecule has 32 heavy (non-hydrogen) atoms. The third kappa shape index (κ3) is 4.18. The van der Waals surface area contributed by atoms with Gasteiger partial charge in [0.2, 0.25) is 0 Å². The quantitative estimate of drug-likeness (QED) is 0.495. The molecule has 2 aromatic heterocycles. The molecule has 1 aliphatic heterocycles. The van der Waals surface area contributed by atoms with E-state index in [1.165, 1.54) is 11.9 Å². The number of nitrogens with one attached hydrogen (secondary N) is 1. The number of hydrogen-bond acceptors (Lipinski definition) is 6. The zero-order valence-corrected chi connectivity index (χ0v) is 18.5. The first-order valence-corrected chi connectivity index (χ1v) is 12.5. The van der Waals surface area contributed by atoms with E-state index in [9.17, 15) is 8.42 Å². The Morgan fingerprint density at radius 2 is 1.81 bits per heavy atom. The number of H-pyrrole nitrogens is 1. The van der Waals surface area contributed by atoms with Gasteiger partial charge < -0.3 is 9.64 Å². The van der Waals surface area contributed by atoms with Crippen molar-refractivity contribution in [3.63, 3.8) is 0 Å². The number of piperidine rings is 1. The number of nitrogens with zero attached hydrogens (tertiary/aromatic N) is 3. The van der Waals surface area contributed by atoms with E-state index in [-0.39, 0.29) is 6.10 Å². The molecule has 0 amide bonds. The molecule has 0 spiro atoms. The molecule has 0 unspecified atom stereocenters. The standard InChI is InChI=1S/C24H24N4O3S/c1-32(29,30)21-5-3-19(4-6-21)31-20-9-12-28(13-10-20)24-8-11-25-23-7-2-17(14-22(23)24)18-15-26-27-16-18/h2-8,11,14-16,20H,9-10,12-13H2,1H3,(H,26,27). The van der Waals surface area contributed by atoms with Gasteiger partial charge in [0.25, 0.3) is 0 Å². The number of pyridine rings is 1. The van der Waals surface area contributed by atoms with E-state index in [0.29, 0.717) is 10.6 Å². The fraction of sp³-hybridized carbons (Fsp3) is 0.250. The number of benzene rings is 2. The topological polar surface area (TPSA) is 88.2 Å². The summed E-state index contributed by atoms with van der Waals surface area (Å²) < 4.78 is 29.4. The molecule has 3 heterocycles. The van der Waals surface area contributed by atoms with Crippen LogP contribution in [0.15, 0.2) is 72.0 Å². The molecule has 1 N–H and O–H groups in total. The van der Waals surface area contributed by atoms with E-state index in [2.05, 4.69) is 44.3 Å². The third-order valence-electron chi connectivity index (χ3n) is 5.89. The predicted octanol–water partition coefficient (Wildman–Crippen LogP) is 4.08. The van der Waals surface area contributed by atoms with Crippen molar-refractivity contribution in [2.75, 3.05) is 24.2 Å². The summed E-state index contributed by atoms with van der Waals surface area (Å²) in [7, 11) is -3.20. The van der Waals surface area contributed by atoms with Crippen LogP contribution >= 0.6 is 0 Å². The molecule has 8 heteroatoms. The van der Waals surface area contributed by atoms with Crippen LogP contribution in [0.4, 0.5) is 5.69 Å². The summed E-state index contributed by atoms with van der Waals surface area (Å²) in [4.78, 5) is 7.23. The molecule has 1 saturated heterocycles. The summed E-state index contributed by atoms with van der Waals surface area (Å²) in [6.07, 6.45) is 8.66. The van der Waals surface area contributed by atoms with E-state index in [1.54, 1.807) is 24.3 Å². The molecule has 1 fully saturated rings. The number of hydrogen-bond donors (Lipinski definition) is 1. The van der Waals surface area contributed by atoms with E-state index < -0.39 is 9.84 Å². The highest BCUT2D eigenvalue weighted by molar-refractivity contribution is 7.90. The highest BCUT2D eigenvalue weighted by atomic mass is 32.2. The molecule has 5 rings (SSSR count). The van der Waals surface area contributed by atoms with Gasteiger partial charge in [0, 0.05) is 61.2 Å². The Bertz CT molecular complexity index is 1330. The van der Waals surface area contributed by atoms with E-state index >= 15 is 0 Å². The molecule has 0 aliphatic carbocycles. The number of anilines is 1. The fourth-order valence-electron chi connectivity index (χ4n) is 4.17. The molecule has 0 atom stereocenters. The fourth-order valence-corrected chi connectivity index (χ4v) is 4.80. The Morgan fingerprint density at radius 3 is 2.50 bits per heavy atom. The second-order valence-electron chi connectivity index (χ2n) is 8.10. The Hall–Kier alpha value is -3.39. The van der Waals surface area contributed by atoms with Crippen molar-refractivity contribution in [3.8, 4) is 16.9 Å². The molecule has 2 aromatic carbocycles. The van der Waals surface area contributed by atoms with Gasteiger partial charge in [-0.1, -0.05) is 6.07 Å². The number of rotatable bonds is 5. The number of fused-ring (bicyclic) bond motifs is 1. The van der Waals surface area contributed by atoms with E-state index in [1.807, 2.05) is 18.6 Å². The Balaban J connectivity index is 1.30. The monoisotopic (exact) mass is 448 g/mol. The van der Waals surface area contributed by atoms with Gasteiger partial charge in [-0.25, -0.2) is 8.42 Å². The maximum atomic E-state index is 11.6. The normalized spacial score (nSPS) is 15.2. The van der Waals surface area contributed by atoms with Crippen LogP contribution in [0.3, 0.4) is 0 Å². The van der Waals surface area contributed by atoms with Gasteiger partial charge in [-0.05, 0) is 48.0 Å². The molecular formula is C24H24N4O3S. The average molecular weight is 449 g/mol.